The van der Waals surface area contributed by atoms with Crippen LogP contribution in [0.4, 0.5) is 0 Å². The molecular weight excluding hydrogens is 258 g/mol. The smallest absolute Gasteiger partial charge is 0.221 e. The highest BCUT2D eigenvalue weighted by molar-refractivity contribution is 5.76. The van der Waals surface area contributed by atoms with Gasteiger partial charge < -0.3 is 25.0 Å². The lowest BCUT2D eigenvalue weighted by molar-refractivity contribution is -0.123. The molecule has 0 aliphatic carbocycles. The van der Waals surface area contributed by atoms with Crippen molar-refractivity contribution in [3.8, 4) is 0 Å². The molecular formula is C14H27N3O3. The summed E-state index contributed by atoms with van der Waals surface area (Å²) in [5.41, 5.74) is 0. The van der Waals surface area contributed by atoms with Crippen molar-refractivity contribution < 1.29 is 14.3 Å². The van der Waals surface area contributed by atoms with Gasteiger partial charge in [0.2, 0.25) is 5.91 Å². The van der Waals surface area contributed by atoms with Crippen LogP contribution in [-0.2, 0) is 14.3 Å². The first-order valence-electron chi connectivity index (χ1n) is 7.59. The molecule has 6 nitrogen and oxygen atoms in total. The molecule has 2 rings (SSSR count). The van der Waals surface area contributed by atoms with Gasteiger partial charge in [0.1, 0.15) is 0 Å². The molecule has 0 aromatic rings. The average Bonchev–Trinajstić information content (AvgIpc) is 2.47. The van der Waals surface area contributed by atoms with E-state index in [-0.39, 0.29) is 11.9 Å². The molecule has 1 unspecified atom stereocenters. The maximum Gasteiger partial charge on any atom is 0.221 e. The van der Waals surface area contributed by atoms with Crippen molar-refractivity contribution >= 4 is 5.91 Å². The van der Waals surface area contributed by atoms with Gasteiger partial charge in [-0.3, -0.25) is 4.79 Å². The Morgan fingerprint density at radius 2 is 2.25 bits per heavy atom. The zero-order valence-electron chi connectivity index (χ0n) is 12.4. The van der Waals surface area contributed by atoms with Crippen LogP contribution >= 0.6 is 0 Å². The first-order chi connectivity index (χ1) is 9.78. The fourth-order valence-electron chi connectivity index (χ4n) is 2.78. The van der Waals surface area contributed by atoms with Crippen LogP contribution in [-0.4, -0.2) is 76.0 Å². The molecule has 116 valence electrons. The SMILES string of the molecule is COCCN1CCC(NC(=O)CC2COCCN2)CC1. The van der Waals surface area contributed by atoms with E-state index in [0.717, 1.165) is 52.2 Å². The predicted octanol–water partition coefficient (Wildman–Crippen LogP) is -0.408. The van der Waals surface area contributed by atoms with E-state index in [1.807, 2.05) is 0 Å². The minimum absolute atomic E-state index is 0.142. The fourth-order valence-corrected chi connectivity index (χ4v) is 2.78. The van der Waals surface area contributed by atoms with Crippen LogP contribution in [0, 0.1) is 0 Å². The molecule has 20 heavy (non-hydrogen) atoms. The Morgan fingerprint density at radius 1 is 1.45 bits per heavy atom. The summed E-state index contributed by atoms with van der Waals surface area (Å²) in [6, 6.07) is 0.497. The normalized spacial score (nSPS) is 25.6. The minimum Gasteiger partial charge on any atom is -0.383 e. The number of hydrogen-bond acceptors (Lipinski definition) is 5. The van der Waals surface area contributed by atoms with Crippen LogP contribution in [0.3, 0.4) is 0 Å². The second kappa shape index (κ2) is 8.56. The molecule has 0 spiro atoms. The van der Waals surface area contributed by atoms with Crippen LogP contribution in [0.5, 0.6) is 0 Å². The largest absolute Gasteiger partial charge is 0.383 e. The Bertz CT molecular complexity index is 287. The summed E-state index contributed by atoms with van der Waals surface area (Å²) in [7, 11) is 1.73. The number of morpholine rings is 1. The molecule has 2 saturated heterocycles. The number of likely N-dealkylation sites (tertiary alicyclic amines) is 1. The number of rotatable bonds is 6. The van der Waals surface area contributed by atoms with Gasteiger partial charge in [-0.15, -0.1) is 0 Å². The van der Waals surface area contributed by atoms with Gasteiger partial charge in [0.25, 0.3) is 0 Å². The highest BCUT2D eigenvalue weighted by atomic mass is 16.5. The second-order valence-electron chi connectivity index (χ2n) is 5.61. The number of hydrogen-bond donors (Lipinski definition) is 2. The summed E-state index contributed by atoms with van der Waals surface area (Å²) in [4.78, 5) is 14.4. The molecule has 6 heteroatoms. The minimum atomic E-state index is 0.142. The number of amides is 1. The summed E-state index contributed by atoms with van der Waals surface area (Å²) in [5.74, 6) is 0.142. The standard InChI is InChI=1S/C14H27N3O3/c1-19-9-7-17-5-2-12(3-6-17)16-14(18)10-13-11-20-8-4-15-13/h12-13,15H,2-11H2,1H3,(H,16,18). The highest BCUT2D eigenvalue weighted by Gasteiger charge is 2.22. The third kappa shape index (κ3) is 5.36. The van der Waals surface area contributed by atoms with Crippen molar-refractivity contribution in [1.82, 2.24) is 15.5 Å². The van der Waals surface area contributed by atoms with Crippen molar-refractivity contribution in [1.29, 1.82) is 0 Å². The van der Waals surface area contributed by atoms with E-state index in [1.54, 1.807) is 7.11 Å². The number of piperidine rings is 1. The summed E-state index contributed by atoms with van der Waals surface area (Å²) in [6.07, 6.45) is 2.58. The van der Waals surface area contributed by atoms with Gasteiger partial charge in [-0.1, -0.05) is 0 Å². The van der Waals surface area contributed by atoms with Gasteiger partial charge in [-0.05, 0) is 12.8 Å². The van der Waals surface area contributed by atoms with Crippen molar-refractivity contribution in [3.05, 3.63) is 0 Å². The van der Waals surface area contributed by atoms with E-state index in [2.05, 4.69) is 15.5 Å². The zero-order chi connectivity index (χ0) is 14.2. The molecule has 0 radical (unpaired) electrons. The average molecular weight is 285 g/mol. The molecule has 2 N–H and O–H groups in total. The van der Waals surface area contributed by atoms with Gasteiger partial charge in [-0.2, -0.15) is 0 Å². The zero-order valence-corrected chi connectivity index (χ0v) is 12.4. The molecule has 0 saturated carbocycles. The van der Waals surface area contributed by atoms with Gasteiger partial charge in [0.05, 0.1) is 19.8 Å². The number of methoxy groups -OCH3 is 1. The molecule has 2 aliphatic heterocycles. The van der Waals surface area contributed by atoms with E-state index < -0.39 is 0 Å². The van der Waals surface area contributed by atoms with E-state index in [0.29, 0.717) is 19.1 Å². The van der Waals surface area contributed by atoms with Crippen molar-refractivity contribution in [3.63, 3.8) is 0 Å². The first-order valence-corrected chi connectivity index (χ1v) is 7.59. The first kappa shape index (κ1) is 15.7. The third-order valence-corrected chi connectivity index (χ3v) is 3.99. The quantitative estimate of drug-likeness (QED) is 0.695. The second-order valence-corrected chi connectivity index (χ2v) is 5.61. The lowest BCUT2D eigenvalue weighted by Crippen LogP contribution is -2.48. The Balaban J connectivity index is 1.60. The molecule has 0 aromatic carbocycles. The number of nitrogens with one attached hydrogen (secondary N) is 2. The number of nitrogens with zero attached hydrogens (tertiary/aromatic N) is 1. The van der Waals surface area contributed by atoms with Crippen LogP contribution < -0.4 is 10.6 Å². The molecule has 0 bridgehead atoms. The predicted molar refractivity (Wildman–Crippen MR) is 76.7 cm³/mol. The maximum absolute atomic E-state index is 12.0. The highest BCUT2D eigenvalue weighted by Crippen LogP contribution is 2.10. The van der Waals surface area contributed by atoms with E-state index in [4.69, 9.17) is 9.47 Å². The summed E-state index contributed by atoms with van der Waals surface area (Å²) in [5, 5.41) is 6.46. The molecule has 1 atom stereocenters. The van der Waals surface area contributed by atoms with Crippen LogP contribution in [0.1, 0.15) is 19.3 Å². The van der Waals surface area contributed by atoms with Crippen molar-refractivity contribution in [2.45, 2.75) is 31.3 Å². The summed E-state index contributed by atoms with van der Waals surface area (Å²) >= 11 is 0. The van der Waals surface area contributed by atoms with Crippen molar-refractivity contribution in [2.75, 3.05) is 53.1 Å². The van der Waals surface area contributed by atoms with Gasteiger partial charge in [-0.25, -0.2) is 0 Å². The number of ether oxygens (including phenoxy) is 2. The Labute approximate surface area is 121 Å². The fraction of sp³-hybridized carbons (Fsp3) is 0.929. The molecule has 1 amide bonds. The Hall–Kier alpha value is -0.690. The van der Waals surface area contributed by atoms with Crippen LogP contribution in [0.2, 0.25) is 0 Å². The van der Waals surface area contributed by atoms with Gasteiger partial charge in [0, 0.05) is 51.8 Å². The maximum atomic E-state index is 12.0. The summed E-state index contributed by atoms with van der Waals surface area (Å²) < 4.78 is 10.5. The van der Waals surface area contributed by atoms with Crippen molar-refractivity contribution in [2.24, 2.45) is 0 Å². The topological polar surface area (TPSA) is 62.8 Å². The third-order valence-electron chi connectivity index (χ3n) is 3.99. The van der Waals surface area contributed by atoms with E-state index in [9.17, 15) is 4.79 Å². The van der Waals surface area contributed by atoms with Crippen LogP contribution in [0.25, 0.3) is 0 Å². The lowest BCUT2D eigenvalue weighted by atomic mass is 10.0. The van der Waals surface area contributed by atoms with Gasteiger partial charge in [0.15, 0.2) is 0 Å². The summed E-state index contributed by atoms with van der Waals surface area (Å²) in [6.45, 7) is 6.08. The van der Waals surface area contributed by atoms with Crippen LogP contribution in [0.15, 0.2) is 0 Å². The number of carbonyl (C=O) groups is 1. The Kier molecular flexibility index (Phi) is 6.72. The molecule has 0 aromatic heterocycles. The molecule has 2 fully saturated rings. The molecule has 2 aliphatic rings. The monoisotopic (exact) mass is 285 g/mol. The Morgan fingerprint density at radius 3 is 2.90 bits per heavy atom. The van der Waals surface area contributed by atoms with Gasteiger partial charge >= 0.3 is 0 Å². The number of carbonyl (C=O) groups excluding carboxylic acids is 1. The van der Waals surface area contributed by atoms with E-state index in [1.165, 1.54) is 0 Å². The lowest BCUT2D eigenvalue weighted by Gasteiger charge is -2.32. The van der Waals surface area contributed by atoms with E-state index >= 15 is 0 Å². The molecule has 2 heterocycles.